The lowest BCUT2D eigenvalue weighted by Gasteiger charge is -2.15. The fraction of sp³-hybridized carbons (Fsp3) is 0.294. The van der Waals surface area contributed by atoms with Crippen molar-refractivity contribution in [3.05, 3.63) is 65.5 Å². The van der Waals surface area contributed by atoms with E-state index < -0.39 is 0 Å². The second kappa shape index (κ2) is 6.96. The van der Waals surface area contributed by atoms with Crippen LogP contribution in [0.2, 0.25) is 0 Å². The van der Waals surface area contributed by atoms with E-state index in [1.165, 1.54) is 0 Å². The van der Waals surface area contributed by atoms with Gasteiger partial charge in [-0.1, -0.05) is 30.3 Å². The number of aryl methyl sites for hydroxylation is 1. The van der Waals surface area contributed by atoms with Crippen molar-refractivity contribution in [3.63, 3.8) is 0 Å². The zero-order chi connectivity index (χ0) is 14.4. The Morgan fingerprint density at radius 3 is 2.60 bits per heavy atom. The minimum atomic E-state index is 0.205. The molecule has 104 valence electrons. The highest BCUT2D eigenvalue weighted by Gasteiger charge is 2.10. The minimum Gasteiger partial charge on any atom is -0.300 e. The predicted octanol–water partition coefficient (Wildman–Crippen LogP) is 3.09. The first kappa shape index (κ1) is 14.4. The highest BCUT2D eigenvalue weighted by molar-refractivity contribution is 5.97. The van der Waals surface area contributed by atoms with Crippen molar-refractivity contribution in [2.75, 3.05) is 13.6 Å². The Kier molecular flexibility index (Phi) is 5.02. The van der Waals surface area contributed by atoms with E-state index in [1.807, 2.05) is 56.4 Å². The molecule has 0 unspecified atom stereocenters. The van der Waals surface area contributed by atoms with Crippen molar-refractivity contribution in [1.29, 1.82) is 0 Å². The molecule has 1 aromatic carbocycles. The molecule has 20 heavy (non-hydrogen) atoms. The Hall–Kier alpha value is -2.00. The van der Waals surface area contributed by atoms with Gasteiger partial charge >= 0.3 is 0 Å². The molecule has 0 amide bonds. The standard InChI is InChI=1S/C17H20N2O/c1-14-7-3-4-9-16(14)17(20)10-12-19(2)13-15-8-5-6-11-18-15/h3-9,11H,10,12-13H2,1-2H3. The number of hydrogen-bond donors (Lipinski definition) is 0. The monoisotopic (exact) mass is 268 g/mol. The highest BCUT2D eigenvalue weighted by atomic mass is 16.1. The largest absolute Gasteiger partial charge is 0.300 e. The lowest BCUT2D eigenvalue weighted by Crippen LogP contribution is -2.22. The van der Waals surface area contributed by atoms with Gasteiger partial charge in [0.05, 0.1) is 5.69 Å². The second-order valence-electron chi connectivity index (χ2n) is 5.05. The number of aromatic nitrogens is 1. The molecule has 3 nitrogen and oxygen atoms in total. The summed E-state index contributed by atoms with van der Waals surface area (Å²) in [6, 6.07) is 13.6. The Bertz CT molecular complexity index is 566. The predicted molar refractivity (Wildman–Crippen MR) is 80.7 cm³/mol. The van der Waals surface area contributed by atoms with E-state index >= 15 is 0 Å². The summed E-state index contributed by atoms with van der Waals surface area (Å²) < 4.78 is 0. The molecular formula is C17H20N2O. The van der Waals surface area contributed by atoms with Gasteiger partial charge in [-0.15, -0.1) is 0 Å². The van der Waals surface area contributed by atoms with Gasteiger partial charge in [-0.3, -0.25) is 9.78 Å². The summed E-state index contributed by atoms with van der Waals surface area (Å²) in [6.45, 7) is 3.48. The maximum atomic E-state index is 12.2. The van der Waals surface area contributed by atoms with Crippen molar-refractivity contribution < 1.29 is 4.79 Å². The average molecular weight is 268 g/mol. The van der Waals surface area contributed by atoms with Gasteiger partial charge in [0, 0.05) is 31.3 Å². The molecule has 0 fully saturated rings. The molecule has 0 spiro atoms. The molecule has 0 aliphatic heterocycles. The summed E-state index contributed by atoms with van der Waals surface area (Å²) in [5, 5.41) is 0. The van der Waals surface area contributed by atoms with E-state index in [-0.39, 0.29) is 5.78 Å². The van der Waals surface area contributed by atoms with Gasteiger partial charge in [-0.25, -0.2) is 0 Å². The number of carbonyl (C=O) groups excluding carboxylic acids is 1. The molecule has 1 aromatic heterocycles. The van der Waals surface area contributed by atoms with E-state index in [1.54, 1.807) is 6.20 Å². The Balaban J connectivity index is 1.86. The maximum absolute atomic E-state index is 12.2. The van der Waals surface area contributed by atoms with Gasteiger partial charge < -0.3 is 4.90 Å². The van der Waals surface area contributed by atoms with Crippen molar-refractivity contribution >= 4 is 5.78 Å². The molecule has 0 atom stereocenters. The van der Waals surface area contributed by atoms with Gasteiger partial charge in [0.25, 0.3) is 0 Å². The number of Topliss-reactive ketones (excluding diaryl/α,β-unsaturated/α-hetero) is 1. The third kappa shape index (κ3) is 4.00. The van der Waals surface area contributed by atoms with Crippen molar-refractivity contribution in [2.24, 2.45) is 0 Å². The van der Waals surface area contributed by atoms with Crippen LogP contribution in [0.25, 0.3) is 0 Å². The second-order valence-corrected chi connectivity index (χ2v) is 5.05. The number of carbonyl (C=O) groups is 1. The van der Waals surface area contributed by atoms with Gasteiger partial charge in [0.1, 0.15) is 0 Å². The maximum Gasteiger partial charge on any atom is 0.164 e. The van der Waals surface area contributed by atoms with Crippen LogP contribution in [0, 0.1) is 6.92 Å². The van der Waals surface area contributed by atoms with Gasteiger partial charge in [0.15, 0.2) is 5.78 Å². The molecule has 2 rings (SSSR count). The first-order valence-corrected chi connectivity index (χ1v) is 6.84. The Morgan fingerprint density at radius 2 is 1.90 bits per heavy atom. The van der Waals surface area contributed by atoms with Crippen LogP contribution >= 0.6 is 0 Å². The summed E-state index contributed by atoms with van der Waals surface area (Å²) in [5.41, 5.74) is 2.90. The third-order valence-electron chi connectivity index (χ3n) is 3.32. The van der Waals surface area contributed by atoms with Crippen LogP contribution in [0.3, 0.4) is 0 Å². The van der Waals surface area contributed by atoms with Gasteiger partial charge in [-0.05, 0) is 31.7 Å². The zero-order valence-corrected chi connectivity index (χ0v) is 12.0. The molecule has 0 saturated carbocycles. The molecule has 0 radical (unpaired) electrons. The van der Waals surface area contributed by atoms with E-state index in [9.17, 15) is 4.79 Å². The molecule has 0 saturated heterocycles. The van der Waals surface area contributed by atoms with Crippen LogP contribution in [0.4, 0.5) is 0 Å². The fourth-order valence-corrected chi connectivity index (χ4v) is 2.16. The molecule has 0 aliphatic rings. The minimum absolute atomic E-state index is 0.205. The molecule has 0 aliphatic carbocycles. The summed E-state index contributed by atoms with van der Waals surface area (Å²) >= 11 is 0. The van der Waals surface area contributed by atoms with E-state index in [4.69, 9.17) is 0 Å². The fourth-order valence-electron chi connectivity index (χ4n) is 2.16. The Labute approximate surface area is 120 Å². The number of nitrogens with zero attached hydrogens (tertiary/aromatic N) is 2. The summed E-state index contributed by atoms with van der Waals surface area (Å²) in [5.74, 6) is 0.205. The first-order valence-electron chi connectivity index (χ1n) is 6.84. The summed E-state index contributed by atoms with van der Waals surface area (Å²) in [6.07, 6.45) is 2.33. The van der Waals surface area contributed by atoms with Crippen LogP contribution in [0.1, 0.15) is 28.0 Å². The summed E-state index contributed by atoms with van der Waals surface area (Å²) in [7, 11) is 2.01. The normalized spacial score (nSPS) is 10.8. The number of hydrogen-bond acceptors (Lipinski definition) is 3. The quantitative estimate of drug-likeness (QED) is 0.755. The van der Waals surface area contributed by atoms with Crippen LogP contribution in [-0.2, 0) is 6.54 Å². The van der Waals surface area contributed by atoms with Gasteiger partial charge in [0.2, 0.25) is 0 Å². The van der Waals surface area contributed by atoms with Crippen LogP contribution in [0.15, 0.2) is 48.7 Å². The van der Waals surface area contributed by atoms with Gasteiger partial charge in [-0.2, -0.15) is 0 Å². The molecular weight excluding hydrogens is 248 g/mol. The Morgan fingerprint density at radius 1 is 1.15 bits per heavy atom. The SMILES string of the molecule is Cc1ccccc1C(=O)CCN(C)Cc1ccccn1. The lowest BCUT2D eigenvalue weighted by molar-refractivity contribution is 0.0967. The van der Waals surface area contributed by atoms with E-state index in [0.717, 1.165) is 29.9 Å². The zero-order valence-electron chi connectivity index (χ0n) is 12.0. The molecule has 0 bridgehead atoms. The first-order chi connectivity index (χ1) is 9.66. The average Bonchev–Trinajstić information content (AvgIpc) is 2.46. The van der Waals surface area contributed by atoms with E-state index in [2.05, 4.69) is 9.88 Å². The smallest absolute Gasteiger partial charge is 0.164 e. The van der Waals surface area contributed by atoms with Crippen molar-refractivity contribution in [2.45, 2.75) is 19.9 Å². The molecule has 1 heterocycles. The number of ketones is 1. The highest BCUT2D eigenvalue weighted by Crippen LogP contribution is 2.10. The number of rotatable bonds is 6. The summed E-state index contributed by atoms with van der Waals surface area (Å²) in [4.78, 5) is 18.6. The number of pyridine rings is 1. The van der Waals surface area contributed by atoms with E-state index in [0.29, 0.717) is 6.42 Å². The van der Waals surface area contributed by atoms with Crippen molar-refractivity contribution in [1.82, 2.24) is 9.88 Å². The number of benzene rings is 1. The molecule has 0 N–H and O–H groups in total. The molecule has 3 heteroatoms. The lowest BCUT2D eigenvalue weighted by atomic mass is 10.0. The van der Waals surface area contributed by atoms with Crippen LogP contribution in [-0.4, -0.2) is 29.3 Å². The third-order valence-corrected chi connectivity index (χ3v) is 3.32. The topological polar surface area (TPSA) is 33.2 Å². The molecule has 2 aromatic rings. The van der Waals surface area contributed by atoms with Crippen LogP contribution in [0.5, 0.6) is 0 Å². The van der Waals surface area contributed by atoms with Crippen LogP contribution < -0.4 is 0 Å². The van der Waals surface area contributed by atoms with Crippen molar-refractivity contribution in [3.8, 4) is 0 Å².